The Morgan fingerprint density at radius 2 is 1.71 bits per heavy atom. The highest BCUT2D eigenvalue weighted by atomic mass is 32.2. The van der Waals surface area contributed by atoms with E-state index in [9.17, 15) is 18.6 Å². The molecule has 8 heteroatoms. The second-order valence-corrected chi connectivity index (χ2v) is 5.44. The van der Waals surface area contributed by atoms with Crippen LogP contribution in [0.25, 0.3) is 0 Å². The quantitative estimate of drug-likeness (QED) is 0.369. The van der Waals surface area contributed by atoms with Crippen LogP contribution in [-0.4, -0.2) is 77.4 Å². The van der Waals surface area contributed by atoms with Gasteiger partial charge in [0.2, 0.25) is 0 Å². The number of nitrogens with zero attached hydrogens (tertiary/aromatic N) is 1. The second kappa shape index (κ2) is 7.96. The summed E-state index contributed by atoms with van der Waals surface area (Å²) in [5.41, 5.74) is 0. The highest BCUT2D eigenvalue weighted by Crippen LogP contribution is 2.00. The lowest BCUT2D eigenvalue weighted by Crippen LogP contribution is -2.41. The third-order valence-corrected chi connectivity index (χ3v) is 3.03. The van der Waals surface area contributed by atoms with Gasteiger partial charge in [0.05, 0.1) is 18.8 Å². The molecular formula is C9H21NO6S. The van der Waals surface area contributed by atoms with E-state index < -0.39 is 28.1 Å². The highest BCUT2D eigenvalue weighted by molar-refractivity contribution is 7.85. The fourth-order valence-corrected chi connectivity index (χ4v) is 2.01. The molecule has 0 heterocycles. The summed E-state index contributed by atoms with van der Waals surface area (Å²) < 4.78 is 29.6. The average Bonchev–Trinajstić information content (AvgIpc) is 2.14. The van der Waals surface area contributed by atoms with Crippen molar-refractivity contribution in [2.75, 3.05) is 32.0 Å². The van der Waals surface area contributed by atoms with Gasteiger partial charge in [0.1, 0.15) is 5.75 Å². The average molecular weight is 271 g/mol. The van der Waals surface area contributed by atoms with E-state index in [1.54, 1.807) is 11.8 Å². The highest BCUT2D eigenvalue weighted by Gasteiger charge is 2.18. The Morgan fingerprint density at radius 3 is 2.12 bits per heavy atom. The number of hydrogen-bond acceptors (Lipinski definition) is 6. The summed E-state index contributed by atoms with van der Waals surface area (Å²) in [6, 6.07) is 0. The van der Waals surface area contributed by atoms with Crippen LogP contribution in [0.4, 0.5) is 0 Å². The lowest BCUT2D eigenvalue weighted by molar-refractivity contribution is 0.0647. The molecule has 0 spiro atoms. The first-order valence-electron chi connectivity index (χ1n) is 5.43. The molecule has 0 aromatic carbocycles. The molecule has 0 fully saturated rings. The minimum absolute atomic E-state index is 0.0303. The SMILES string of the molecule is CCC(O)CN(CCO)CC(O)CS(=O)(=O)O. The summed E-state index contributed by atoms with van der Waals surface area (Å²) in [7, 11) is -4.22. The number of rotatable bonds is 9. The van der Waals surface area contributed by atoms with Crippen LogP contribution in [-0.2, 0) is 10.1 Å². The number of aliphatic hydroxyl groups excluding tert-OH is 3. The minimum atomic E-state index is -4.22. The lowest BCUT2D eigenvalue weighted by atomic mass is 10.2. The van der Waals surface area contributed by atoms with Crippen LogP contribution in [0.15, 0.2) is 0 Å². The maximum absolute atomic E-state index is 10.5. The van der Waals surface area contributed by atoms with Gasteiger partial charge in [-0.25, -0.2) is 0 Å². The summed E-state index contributed by atoms with van der Waals surface area (Å²) >= 11 is 0. The van der Waals surface area contributed by atoms with Gasteiger partial charge in [0, 0.05) is 19.6 Å². The van der Waals surface area contributed by atoms with Gasteiger partial charge in [-0.15, -0.1) is 0 Å². The van der Waals surface area contributed by atoms with E-state index in [2.05, 4.69) is 0 Å². The molecule has 7 nitrogen and oxygen atoms in total. The van der Waals surface area contributed by atoms with E-state index in [4.69, 9.17) is 9.66 Å². The Balaban J connectivity index is 4.23. The first kappa shape index (κ1) is 16.8. The van der Waals surface area contributed by atoms with Crippen molar-refractivity contribution >= 4 is 10.1 Å². The third kappa shape index (κ3) is 9.45. The Morgan fingerprint density at radius 1 is 1.18 bits per heavy atom. The lowest BCUT2D eigenvalue weighted by Gasteiger charge is -2.25. The van der Waals surface area contributed by atoms with Crippen LogP contribution in [0, 0.1) is 0 Å². The van der Waals surface area contributed by atoms with Crippen molar-refractivity contribution < 1.29 is 28.3 Å². The van der Waals surface area contributed by atoms with Crippen molar-refractivity contribution in [1.29, 1.82) is 0 Å². The fraction of sp³-hybridized carbons (Fsp3) is 1.00. The van der Waals surface area contributed by atoms with Crippen molar-refractivity contribution in [2.45, 2.75) is 25.6 Å². The summed E-state index contributed by atoms with van der Waals surface area (Å²) in [5.74, 6) is -0.753. The van der Waals surface area contributed by atoms with Crippen LogP contribution < -0.4 is 0 Å². The minimum Gasteiger partial charge on any atom is -0.395 e. The van der Waals surface area contributed by atoms with E-state index >= 15 is 0 Å². The smallest absolute Gasteiger partial charge is 0.267 e. The van der Waals surface area contributed by atoms with Gasteiger partial charge in [0.15, 0.2) is 0 Å². The van der Waals surface area contributed by atoms with Crippen molar-refractivity contribution in [3.8, 4) is 0 Å². The molecule has 0 aliphatic heterocycles. The third-order valence-electron chi connectivity index (χ3n) is 2.23. The van der Waals surface area contributed by atoms with Gasteiger partial charge in [-0.2, -0.15) is 8.42 Å². The summed E-state index contributed by atoms with van der Waals surface area (Å²) in [4.78, 5) is 1.55. The van der Waals surface area contributed by atoms with Gasteiger partial charge in [-0.3, -0.25) is 9.45 Å². The Hall–Kier alpha value is -0.250. The van der Waals surface area contributed by atoms with E-state index in [0.717, 1.165) is 0 Å². The molecule has 104 valence electrons. The fourth-order valence-electron chi connectivity index (χ4n) is 1.42. The summed E-state index contributed by atoms with van der Waals surface area (Å²) in [6.07, 6.45) is -1.32. The molecule has 0 aliphatic carbocycles. The normalized spacial score (nSPS) is 16.1. The van der Waals surface area contributed by atoms with Crippen LogP contribution in [0.5, 0.6) is 0 Å². The van der Waals surface area contributed by atoms with Gasteiger partial charge in [-0.05, 0) is 6.42 Å². The van der Waals surface area contributed by atoms with Crippen molar-refractivity contribution in [3.63, 3.8) is 0 Å². The van der Waals surface area contributed by atoms with Crippen LogP contribution >= 0.6 is 0 Å². The molecule has 0 radical (unpaired) electrons. The standard InChI is InChI=1S/C9H21NO6S/c1-2-8(12)5-10(3-4-11)6-9(13)7-17(14,15)16/h8-9,11-13H,2-7H2,1H3,(H,14,15,16). The van der Waals surface area contributed by atoms with E-state index in [0.29, 0.717) is 6.42 Å². The Kier molecular flexibility index (Phi) is 7.84. The molecule has 0 aromatic heterocycles. The van der Waals surface area contributed by atoms with E-state index in [-0.39, 0.29) is 26.2 Å². The van der Waals surface area contributed by atoms with Crippen LogP contribution in [0.2, 0.25) is 0 Å². The zero-order valence-electron chi connectivity index (χ0n) is 9.86. The molecule has 0 amide bonds. The molecule has 17 heavy (non-hydrogen) atoms. The molecule has 4 N–H and O–H groups in total. The van der Waals surface area contributed by atoms with Gasteiger partial charge >= 0.3 is 0 Å². The van der Waals surface area contributed by atoms with Crippen molar-refractivity contribution in [3.05, 3.63) is 0 Å². The first-order valence-corrected chi connectivity index (χ1v) is 7.04. The predicted octanol–water partition coefficient (Wildman–Crippen LogP) is -1.70. The van der Waals surface area contributed by atoms with Gasteiger partial charge in [-0.1, -0.05) is 6.92 Å². The zero-order valence-corrected chi connectivity index (χ0v) is 10.7. The van der Waals surface area contributed by atoms with E-state index in [1.165, 1.54) is 0 Å². The summed E-state index contributed by atoms with van der Waals surface area (Å²) in [6.45, 7) is 2.06. The largest absolute Gasteiger partial charge is 0.395 e. The Bertz CT molecular complexity index is 294. The van der Waals surface area contributed by atoms with E-state index in [1.807, 2.05) is 0 Å². The summed E-state index contributed by atoms with van der Waals surface area (Å²) in [5, 5.41) is 27.6. The van der Waals surface area contributed by atoms with Crippen LogP contribution in [0.1, 0.15) is 13.3 Å². The molecule has 2 atom stereocenters. The first-order chi connectivity index (χ1) is 7.78. The molecule has 0 saturated heterocycles. The van der Waals surface area contributed by atoms with Crippen molar-refractivity contribution in [2.24, 2.45) is 0 Å². The maximum atomic E-state index is 10.5. The molecule has 0 bridgehead atoms. The molecule has 0 aromatic rings. The molecule has 0 rings (SSSR count). The van der Waals surface area contributed by atoms with Crippen LogP contribution in [0.3, 0.4) is 0 Å². The molecule has 0 saturated carbocycles. The van der Waals surface area contributed by atoms with Crippen molar-refractivity contribution in [1.82, 2.24) is 4.90 Å². The Labute approximate surface area is 101 Å². The monoisotopic (exact) mass is 271 g/mol. The number of aliphatic hydroxyl groups is 3. The molecule has 0 aliphatic rings. The molecular weight excluding hydrogens is 250 g/mol. The van der Waals surface area contributed by atoms with Gasteiger partial charge < -0.3 is 15.3 Å². The van der Waals surface area contributed by atoms with Gasteiger partial charge in [0.25, 0.3) is 10.1 Å². The molecule has 2 unspecified atom stereocenters. The second-order valence-electron chi connectivity index (χ2n) is 3.95. The topological polar surface area (TPSA) is 118 Å². The zero-order chi connectivity index (χ0) is 13.5. The predicted molar refractivity (Wildman–Crippen MR) is 62.2 cm³/mol. The number of hydrogen-bond donors (Lipinski definition) is 4. The maximum Gasteiger partial charge on any atom is 0.267 e.